The summed E-state index contributed by atoms with van der Waals surface area (Å²) in [6.07, 6.45) is 0. The number of aryl methyl sites for hydroxylation is 1. The molecular formula is C10H12BrN3O. The lowest BCUT2D eigenvalue weighted by Gasteiger charge is -2.10. The molecule has 1 unspecified atom stereocenters. The number of halogens is 1. The normalized spacial score (nSPS) is 13.3. The minimum absolute atomic E-state index is 0.0675. The number of hydrogen-bond donors (Lipinski definition) is 2. The van der Waals surface area contributed by atoms with Gasteiger partial charge in [0.2, 0.25) is 0 Å². The van der Waals surface area contributed by atoms with E-state index >= 15 is 0 Å². The fraction of sp³-hybridized carbons (Fsp3) is 0.300. The van der Waals surface area contributed by atoms with Crippen LogP contribution in [0.5, 0.6) is 0 Å². The van der Waals surface area contributed by atoms with Crippen LogP contribution in [0.3, 0.4) is 0 Å². The van der Waals surface area contributed by atoms with Crippen molar-refractivity contribution in [3.8, 4) is 0 Å². The Morgan fingerprint density at radius 1 is 1.60 bits per heavy atom. The van der Waals surface area contributed by atoms with Gasteiger partial charge in [-0.2, -0.15) is 5.10 Å². The maximum Gasteiger partial charge on any atom is 0.135 e. The van der Waals surface area contributed by atoms with Crippen LogP contribution in [0.25, 0.3) is 10.9 Å². The van der Waals surface area contributed by atoms with Gasteiger partial charge in [0, 0.05) is 12.4 Å². The Balaban J connectivity index is 2.75. The Morgan fingerprint density at radius 2 is 2.33 bits per heavy atom. The summed E-state index contributed by atoms with van der Waals surface area (Å²) in [6, 6.07) is 5.44. The van der Waals surface area contributed by atoms with Crippen molar-refractivity contribution in [2.24, 2.45) is 12.8 Å². The number of nitrogens with zero attached hydrogens (tertiary/aromatic N) is 2. The summed E-state index contributed by atoms with van der Waals surface area (Å²) in [5.41, 5.74) is 7.71. The van der Waals surface area contributed by atoms with E-state index in [1.807, 2.05) is 25.2 Å². The number of aromatic nitrogens is 2. The fourth-order valence-electron chi connectivity index (χ4n) is 1.72. The third-order valence-electron chi connectivity index (χ3n) is 2.45. The highest BCUT2D eigenvalue weighted by atomic mass is 79.9. The van der Waals surface area contributed by atoms with Crippen LogP contribution in [-0.2, 0) is 7.05 Å². The van der Waals surface area contributed by atoms with E-state index < -0.39 is 0 Å². The van der Waals surface area contributed by atoms with Gasteiger partial charge in [-0.05, 0) is 21.5 Å². The molecule has 0 aliphatic rings. The van der Waals surface area contributed by atoms with Crippen molar-refractivity contribution in [3.63, 3.8) is 0 Å². The van der Waals surface area contributed by atoms with Crippen LogP contribution < -0.4 is 5.73 Å². The summed E-state index contributed by atoms with van der Waals surface area (Å²) in [4.78, 5) is 0. The molecule has 0 fully saturated rings. The lowest BCUT2D eigenvalue weighted by atomic mass is 10.1. The molecule has 3 N–H and O–H groups in total. The molecule has 0 radical (unpaired) electrons. The number of aliphatic hydroxyl groups excluding tert-OH is 1. The number of rotatable bonds is 2. The predicted molar refractivity (Wildman–Crippen MR) is 62.4 cm³/mol. The second-order valence-corrected chi connectivity index (χ2v) is 4.20. The molecule has 2 aromatic rings. The van der Waals surface area contributed by atoms with Gasteiger partial charge in [-0.3, -0.25) is 4.68 Å². The second kappa shape index (κ2) is 3.92. The molecular weight excluding hydrogens is 258 g/mol. The van der Waals surface area contributed by atoms with Crippen LogP contribution in [0.4, 0.5) is 0 Å². The highest BCUT2D eigenvalue weighted by Gasteiger charge is 2.14. The first-order valence-corrected chi connectivity index (χ1v) is 5.42. The van der Waals surface area contributed by atoms with E-state index in [1.54, 1.807) is 4.68 Å². The quantitative estimate of drug-likeness (QED) is 0.865. The van der Waals surface area contributed by atoms with E-state index in [0.29, 0.717) is 0 Å². The van der Waals surface area contributed by atoms with Crippen LogP contribution in [0.1, 0.15) is 11.6 Å². The molecule has 4 nitrogen and oxygen atoms in total. The Morgan fingerprint density at radius 3 is 3.00 bits per heavy atom. The summed E-state index contributed by atoms with van der Waals surface area (Å²) in [5, 5.41) is 14.4. The summed E-state index contributed by atoms with van der Waals surface area (Å²) in [6.45, 7) is -0.0675. The van der Waals surface area contributed by atoms with E-state index in [4.69, 9.17) is 10.8 Å². The van der Waals surface area contributed by atoms with Crippen molar-refractivity contribution in [1.82, 2.24) is 9.78 Å². The molecule has 2 rings (SSSR count). The second-order valence-electron chi connectivity index (χ2n) is 3.45. The first-order chi connectivity index (χ1) is 7.15. The monoisotopic (exact) mass is 269 g/mol. The van der Waals surface area contributed by atoms with Crippen LogP contribution >= 0.6 is 15.9 Å². The van der Waals surface area contributed by atoms with E-state index in [2.05, 4.69) is 21.0 Å². The Kier molecular flexibility index (Phi) is 2.77. The number of benzene rings is 1. The molecule has 0 saturated carbocycles. The number of hydrogen-bond acceptors (Lipinski definition) is 3. The first kappa shape index (κ1) is 10.6. The Hall–Kier alpha value is -0.910. The predicted octanol–water partition coefficient (Wildman–Crippen LogP) is 1.33. The molecule has 1 aromatic carbocycles. The molecule has 1 aromatic heterocycles. The van der Waals surface area contributed by atoms with E-state index in [-0.39, 0.29) is 12.6 Å². The van der Waals surface area contributed by atoms with Crippen molar-refractivity contribution in [1.29, 1.82) is 0 Å². The lowest BCUT2D eigenvalue weighted by Crippen LogP contribution is -2.15. The maximum absolute atomic E-state index is 9.08. The smallest absolute Gasteiger partial charge is 0.135 e. The van der Waals surface area contributed by atoms with Crippen molar-refractivity contribution < 1.29 is 5.11 Å². The molecule has 0 saturated heterocycles. The third kappa shape index (κ3) is 1.67. The molecule has 15 heavy (non-hydrogen) atoms. The average Bonchev–Trinajstić information content (AvgIpc) is 2.54. The van der Waals surface area contributed by atoms with Gasteiger partial charge in [-0.15, -0.1) is 0 Å². The SMILES string of the molecule is Cn1nc(Br)c2cccc(C(N)CO)c21. The van der Waals surface area contributed by atoms with Crippen LogP contribution in [0, 0.1) is 0 Å². The van der Waals surface area contributed by atoms with Gasteiger partial charge in [0.15, 0.2) is 0 Å². The summed E-state index contributed by atoms with van der Waals surface area (Å²) in [5.74, 6) is 0. The Bertz CT molecular complexity index is 495. The van der Waals surface area contributed by atoms with Crippen molar-refractivity contribution in [3.05, 3.63) is 28.4 Å². The van der Waals surface area contributed by atoms with E-state index in [0.717, 1.165) is 21.1 Å². The zero-order valence-corrected chi connectivity index (χ0v) is 9.90. The molecule has 1 atom stereocenters. The maximum atomic E-state index is 9.08. The van der Waals surface area contributed by atoms with Gasteiger partial charge in [0.05, 0.1) is 18.2 Å². The number of para-hydroxylation sites is 1. The Labute approximate surface area is 95.8 Å². The molecule has 0 bridgehead atoms. The zero-order chi connectivity index (χ0) is 11.0. The molecule has 0 aliphatic heterocycles. The number of fused-ring (bicyclic) bond motifs is 1. The summed E-state index contributed by atoms with van der Waals surface area (Å²) >= 11 is 3.39. The van der Waals surface area contributed by atoms with Gasteiger partial charge < -0.3 is 10.8 Å². The summed E-state index contributed by atoms with van der Waals surface area (Å²) < 4.78 is 2.57. The van der Waals surface area contributed by atoms with Crippen molar-refractivity contribution in [2.75, 3.05) is 6.61 Å². The van der Waals surface area contributed by atoms with E-state index in [9.17, 15) is 0 Å². The zero-order valence-electron chi connectivity index (χ0n) is 8.31. The minimum atomic E-state index is -0.365. The molecule has 0 amide bonds. The van der Waals surface area contributed by atoms with E-state index in [1.165, 1.54) is 0 Å². The average molecular weight is 270 g/mol. The highest BCUT2D eigenvalue weighted by molar-refractivity contribution is 9.10. The molecule has 5 heteroatoms. The minimum Gasteiger partial charge on any atom is -0.394 e. The first-order valence-electron chi connectivity index (χ1n) is 4.62. The highest BCUT2D eigenvalue weighted by Crippen LogP contribution is 2.27. The van der Waals surface area contributed by atoms with Crippen molar-refractivity contribution >= 4 is 26.8 Å². The van der Waals surface area contributed by atoms with Crippen LogP contribution in [-0.4, -0.2) is 21.5 Å². The molecule has 0 aliphatic carbocycles. The van der Waals surface area contributed by atoms with Gasteiger partial charge in [0.1, 0.15) is 4.60 Å². The van der Waals surface area contributed by atoms with Crippen molar-refractivity contribution in [2.45, 2.75) is 6.04 Å². The third-order valence-corrected chi connectivity index (χ3v) is 3.03. The van der Waals surface area contributed by atoms with Gasteiger partial charge in [-0.25, -0.2) is 0 Å². The van der Waals surface area contributed by atoms with Gasteiger partial charge >= 0.3 is 0 Å². The topological polar surface area (TPSA) is 64.1 Å². The number of nitrogens with two attached hydrogens (primary N) is 1. The molecule has 0 spiro atoms. The molecule has 1 heterocycles. The van der Waals surface area contributed by atoms with Gasteiger partial charge in [0.25, 0.3) is 0 Å². The van der Waals surface area contributed by atoms with Crippen LogP contribution in [0.15, 0.2) is 22.8 Å². The molecule has 80 valence electrons. The van der Waals surface area contributed by atoms with Gasteiger partial charge in [-0.1, -0.05) is 18.2 Å². The number of aliphatic hydroxyl groups is 1. The summed E-state index contributed by atoms with van der Waals surface area (Å²) in [7, 11) is 1.86. The lowest BCUT2D eigenvalue weighted by molar-refractivity contribution is 0.268. The standard InChI is InChI=1S/C10H12BrN3O/c1-14-9-6(8(12)5-15)3-2-4-7(9)10(11)13-14/h2-4,8,15H,5,12H2,1H3. The fourth-order valence-corrected chi connectivity index (χ4v) is 2.28. The largest absolute Gasteiger partial charge is 0.394 e. The van der Waals surface area contributed by atoms with Crippen LogP contribution in [0.2, 0.25) is 0 Å².